The van der Waals surface area contributed by atoms with Gasteiger partial charge in [0.2, 0.25) is 5.91 Å². The van der Waals surface area contributed by atoms with Crippen molar-refractivity contribution in [2.45, 2.75) is 37.1 Å². The topological polar surface area (TPSA) is 50.8 Å². The summed E-state index contributed by atoms with van der Waals surface area (Å²) in [4.78, 5) is 15.8. The number of amides is 1. The molecule has 1 N–H and O–H groups in total. The Balaban J connectivity index is 0.00000225. The van der Waals surface area contributed by atoms with Crippen LogP contribution in [0.25, 0.3) is 0 Å². The van der Waals surface area contributed by atoms with Crippen molar-refractivity contribution in [1.82, 2.24) is 10.2 Å². The third-order valence-electron chi connectivity index (χ3n) is 4.36. The molecule has 2 aliphatic heterocycles. The SMILES string of the molecule is CCCN(C(=O)CCSc1ccc2c(c1)OCCO2)C1CCNC1.Cl. The summed E-state index contributed by atoms with van der Waals surface area (Å²) in [6.07, 6.45) is 2.66. The Hall–Kier alpha value is -1.11. The monoisotopic (exact) mass is 386 g/mol. The van der Waals surface area contributed by atoms with Crippen LogP contribution in [0.5, 0.6) is 11.5 Å². The van der Waals surface area contributed by atoms with Gasteiger partial charge in [-0.15, -0.1) is 24.2 Å². The summed E-state index contributed by atoms with van der Waals surface area (Å²) in [6, 6.07) is 6.37. The van der Waals surface area contributed by atoms with E-state index in [-0.39, 0.29) is 18.3 Å². The predicted octanol–water partition coefficient (Wildman–Crippen LogP) is 2.96. The van der Waals surface area contributed by atoms with Gasteiger partial charge in [0, 0.05) is 36.2 Å². The first-order valence-electron chi connectivity index (χ1n) is 8.80. The highest BCUT2D eigenvalue weighted by atomic mass is 35.5. The van der Waals surface area contributed by atoms with Crippen LogP contribution in [0.15, 0.2) is 23.1 Å². The summed E-state index contributed by atoms with van der Waals surface area (Å²) >= 11 is 1.70. The lowest BCUT2D eigenvalue weighted by Gasteiger charge is -2.28. The van der Waals surface area contributed by atoms with E-state index in [1.54, 1.807) is 11.8 Å². The summed E-state index contributed by atoms with van der Waals surface area (Å²) in [5, 5.41) is 3.35. The average Bonchev–Trinajstić information content (AvgIpc) is 3.13. The van der Waals surface area contributed by atoms with E-state index in [9.17, 15) is 4.79 Å². The van der Waals surface area contributed by atoms with Gasteiger partial charge in [0.1, 0.15) is 13.2 Å². The maximum absolute atomic E-state index is 12.6. The summed E-state index contributed by atoms with van der Waals surface area (Å²) in [6.45, 7) is 6.15. The molecule has 0 aromatic heterocycles. The van der Waals surface area contributed by atoms with Crippen LogP contribution in [0.1, 0.15) is 26.2 Å². The molecule has 0 aliphatic carbocycles. The smallest absolute Gasteiger partial charge is 0.223 e. The quantitative estimate of drug-likeness (QED) is 0.730. The Kier molecular flexibility index (Phi) is 8.19. The number of rotatable bonds is 7. The number of benzene rings is 1. The van der Waals surface area contributed by atoms with Gasteiger partial charge >= 0.3 is 0 Å². The lowest BCUT2D eigenvalue weighted by molar-refractivity contribution is -0.132. The summed E-state index contributed by atoms with van der Waals surface area (Å²) in [5.74, 6) is 2.68. The highest BCUT2D eigenvalue weighted by Gasteiger charge is 2.25. The molecule has 3 rings (SSSR count). The fourth-order valence-corrected chi connectivity index (χ4v) is 4.04. The number of carbonyl (C=O) groups is 1. The van der Waals surface area contributed by atoms with Crippen molar-refractivity contribution in [3.05, 3.63) is 18.2 Å². The van der Waals surface area contributed by atoms with Gasteiger partial charge < -0.3 is 19.7 Å². The second kappa shape index (κ2) is 10.1. The Morgan fingerprint density at radius 1 is 1.32 bits per heavy atom. The van der Waals surface area contributed by atoms with E-state index in [2.05, 4.69) is 17.1 Å². The van der Waals surface area contributed by atoms with E-state index in [1.165, 1.54) is 0 Å². The molecule has 1 unspecified atom stereocenters. The molecule has 0 bridgehead atoms. The van der Waals surface area contributed by atoms with Gasteiger partial charge in [0.05, 0.1) is 0 Å². The van der Waals surface area contributed by atoms with Crippen LogP contribution in [-0.2, 0) is 4.79 Å². The lowest BCUT2D eigenvalue weighted by atomic mass is 10.2. The number of hydrogen-bond acceptors (Lipinski definition) is 5. The molecule has 2 aliphatic rings. The van der Waals surface area contributed by atoms with E-state index >= 15 is 0 Å². The normalized spacial score (nSPS) is 18.5. The molecule has 7 heteroatoms. The molecular formula is C18H27ClN2O3S. The number of ether oxygens (including phenoxy) is 2. The molecule has 1 atom stereocenters. The maximum atomic E-state index is 12.6. The second-order valence-electron chi connectivity index (χ2n) is 6.14. The van der Waals surface area contributed by atoms with Crippen LogP contribution in [0, 0.1) is 0 Å². The summed E-state index contributed by atoms with van der Waals surface area (Å²) in [7, 11) is 0. The van der Waals surface area contributed by atoms with Gasteiger partial charge in [-0.1, -0.05) is 6.92 Å². The number of nitrogens with zero attached hydrogens (tertiary/aromatic N) is 1. The molecule has 0 spiro atoms. The number of thioether (sulfide) groups is 1. The first-order chi connectivity index (χ1) is 11.8. The van der Waals surface area contributed by atoms with Crippen molar-refractivity contribution in [3.8, 4) is 11.5 Å². The molecule has 5 nitrogen and oxygen atoms in total. The van der Waals surface area contributed by atoms with Crippen LogP contribution >= 0.6 is 24.2 Å². The second-order valence-corrected chi connectivity index (χ2v) is 7.31. The number of fused-ring (bicyclic) bond motifs is 1. The molecule has 0 saturated carbocycles. The fourth-order valence-electron chi connectivity index (χ4n) is 3.17. The molecule has 1 saturated heterocycles. The molecule has 1 aromatic rings. The first kappa shape index (κ1) is 20.2. The Bertz CT molecular complexity index is 567. The molecule has 1 amide bonds. The van der Waals surface area contributed by atoms with Gasteiger partial charge in [-0.25, -0.2) is 0 Å². The average molecular weight is 387 g/mol. The van der Waals surface area contributed by atoms with E-state index in [4.69, 9.17) is 9.47 Å². The number of halogens is 1. The van der Waals surface area contributed by atoms with E-state index in [0.717, 1.165) is 54.6 Å². The zero-order valence-electron chi connectivity index (χ0n) is 14.7. The zero-order valence-corrected chi connectivity index (χ0v) is 16.3. The number of nitrogens with one attached hydrogen (secondary N) is 1. The van der Waals surface area contributed by atoms with Gasteiger partial charge in [0.15, 0.2) is 11.5 Å². The van der Waals surface area contributed by atoms with Crippen molar-refractivity contribution in [1.29, 1.82) is 0 Å². The van der Waals surface area contributed by atoms with Crippen molar-refractivity contribution >= 4 is 30.1 Å². The van der Waals surface area contributed by atoms with Gasteiger partial charge in [0.25, 0.3) is 0 Å². The molecule has 25 heavy (non-hydrogen) atoms. The molecule has 1 fully saturated rings. The molecule has 0 radical (unpaired) electrons. The van der Waals surface area contributed by atoms with Crippen LogP contribution < -0.4 is 14.8 Å². The molecule has 1 aromatic carbocycles. The summed E-state index contributed by atoms with van der Waals surface area (Å²) < 4.78 is 11.1. The Labute approximate surface area is 160 Å². The highest BCUT2D eigenvalue weighted by molar-refractivity contribution is 7.99. The first-order valence-corrected chi connectivity index (χ1v) is 9.79. The van der Waals surface area contributed by atoms with Crippen LogP contribution in [0.3, 0.4) is 0 Å². The number of hydrogen-bond donors (Lipinski definition) is 1. The molecular weight excluding hydrogens is 360 g/mol. The Morgan fingerprint density at radius 2 is 2.12 bits per heavy atom. The third-order valence-corrected chi connectivity index (χ3v) is 5.35. The highest BCUT2D eigenvalue weighted by Crippen LogP contribution is 2.34. The van der Waals surface area contributed by atoms with Gasteiger partial charge in [-0.05, 0) is 37.6 Å². The van der Waals surface area contributed by atoms with Crippen molar-refractivity contribution < 1.29 is 14.3 Å². The predicted molar refractivity (Wildman–Crippen MR) is 103 cm³/mol. The minimum Gasteiger partial charge on any atom is -0.486 e. The third kappa shape index (κ3) is 5.43. The van der Waals surface area contributed by atoms with Crippen molar-refractivity contribution in [2.24, 2.45) is 0 Å². The zero-order chi connectivity index (χ0) is 16.8. The maximum Gasteiger partial charge on any atom is 0.223 e. The van der Waals surface area contributed by atoms with Crippen LogP contribution in [0.2, 0.25) is 0 Å². The van der Waals surface area contributed by atoms with Gasteiger partial charge in [-0.2, -0.15) is 0 Å². The molecule has 140 valence electrons. The van der Waals surface area contributed by atoms with E-state index < -0.39 is 0 Å². The largest absolute Gasteiger partial charge is 0.486 e. The van der Waals surface area contributed by atoms with Crippen molar-refractivity contribution in [3.63, 3.8) is 0 Å². The summed E-state index contributed by atoms with van der Waals surface area (Å²) in [5.41, 5.74) is 0. The Morgan fingerprint density at radius 3 is 2.84 bits per heavy atom. The molecule has 2 heterocycles. The minimum absolute atomic E-state index is 0. The standard InChI is InChI=1S/C18H26N2O3S.ClH/c1-2-8-20(14-5-7-19-13-14)18(21)6-11-24-15-3-4-16-17(12-15)23-10-9-22-16;/h3-4,12,14,19H,2,5-11,13H2,1H3;1H. The van der Waals surface area contributed by atoms with Crippen molar-refractivity contribution in [2.75, 3.05) is 38.6 Å². The minimum atomic E-state index is 0. The van der Waals surface area contributed by atoms with E-state index in [1.807, 2.05) is 18.2 Å². The number of carbonyl (C=O) groups excluding carboxylic acids is 1. The van der Waals surface area contributed by atoms with Crippen LogP contribution in [0.4, 0.5) is 0 Å². The fraction of sp³-hybridized carbons (Fsp3) is 0.611. The lowest BCUT2D eigenvalue weighted by Crippen LogP contribution is -2.42. The van der Waals surface area contributed by atoms with Gasteiger partial charge in [-0.3, -0.25) is 4.79 Å². The van der Waals surface area contributed by atoms with Crippen LogP contribution in [-0.4, -0.2) is 55.4 Å². The van der Waals surface area contributed by atoms with E-state index in [0.29, 0.717) is 25.7 Å².